The van der Waals surface area contributed by atoms with Crippen LogP contribution in [0.25, 0.3) is 0 Å². The van der Waals surface area contributed by atoms with E-state index in [9.17, 15) is 9.59 Å². The second-order valence-corrected chi connectivity index (χ2v) is 9.56. The SMILES string of the molecule is CN1C(=O)[C@H]2CCCCN2c2ccc(C(=O)N3CCN(Cc4ccc5c(c4)OCO5)CC3)cc21. The molecule has 4 aliphatic heterocycles. The lowest BCUT2D eigenvalue weighted by molar-refractivity contribution is -0.120. The van der Waals surface area contributed by atoms with Gasteiger partial charge >= 0.3 is 0 Å². The molecule has 8 heteroatoms. The molecule has 6 rings (SSSR count). The molecule has 4 heterocycles. The van der Waals surface area contributed by atoms with Gasteiger partial charge in [0, 0.05) is 51.9 Å². The van der Waals surface area contributed by atoms with Crippen LogP contribution in [0.5, 0.6) is 11.5 Å². The third kappa shape index (κ3) is 3.66. The number of hydrogen-bond donors (Lipinski definition) is 0. The summed E-state index contributed by atoms with van der Waals surface area (Å²) in [5.74, 6) is 1.77. The lowest BCUT2D eigenvalue weighted by Gasteiger charge is -2.44. The fraction of sp³-hybridized carbons (Fsp3) is 0.462. The Morgan fingerprint density at radius 1 is 0.941 bits per heavy atom. The standard InChI is InChI=1S/C26H30N4O4/c1-27-22-15-19(6-7-20(22)30-9-3-2-4-21(30)26(27)32)25(31)29-12-10-28(11-13-29)16-18-5-8-23-24(14-18)34-17-33-23/h5-8,14-15,21H,2-4,9-13,16-17H2,1H3/t21-/m1/s1. The van der Waals surface area contributed by atoms with E-state index in [0.717, 1.165) is 68.3 Å². The van der Waals surface area contributed by atoms with E-state index in [4.69, 9.17) is 9.47 Å². The molecule has 2 saturated heterocycles. The minimum absolute atomic E-state index is 0.0344. The van der Waals surface area contributed by atoms with Crippen LogP contribution in [0.3, 0.4) is 0 Å². The van der Waals surface area contributed by atoms with Gasteiger partial charge in [-0.15, -0.1) is 0 Å². The maximum atomic E-state index is 13.3. The van der Waals surface area contributed by atoms with Gasteiger partial charge in [-0.2, -0.15) is 0 Å². The molecule has 2 aromatic carbocycles. The number of carbonyl (C=O) groups is 2. The number of anilines is 2. The molecule has 0 aromatic heterocycles. The quantitative estimate of drug-likeness (QED) is 0.699. The van der Waals surface area contributed by atoms with Crippen molar-refractivity contribution in [3.8, 4) is 11.5 Å². The third-order valence-electron chi connectivity index (χ3n) is 7.51. The molecule has 0 saturated carbocycles. The highest BCUT2D eigenvalue weighted by molar-refractivity contribution is 6.07. The summed E-state index contributed by atoms with van der Waals surface area (Å²) in [6.07, 6.45) is 3.09. The zero-order valence-electron chi connectivity index (χ0n) is 19.5. The number of fused-ring (bicyclic) bond motifs is 4. The molecule has 0 aliphatic carbocycles. The molecule has 0 unspecified atom stereocenters. The summed E-state index contributed by atoms with van der Waals surface area (Å²) < 4.78 is 10.9. The molecule has 0 radical (unpaired) electrons. The smallest absolute Gasteiger partial charge is 0.254 e. The van der Waals surface area contributed by atoms with Gasteiger partial charge in [-0.05, 0) is 55.2 Å². The summed E-state index contributed by atoms with van der Waals surface area (Å²) >= 11 is 0. The van der Waals surface area contributed by atoms with Crippen molar-refractivity contribution < 1.29 is 19.1 Å². The van der Waals surface area contributed by atoms with Gasteiger partial charge < -0.3 is 24.2 Å². The lowest BCUT2D eigenvalue weighted by Crippen LogP contribution is -2.54. The first-order chi connectivity index (χ1) is 16.6. The van der Waals surface area contributed by atoms with Crippen molar-refractivity contribution in [1.29, 1.82) is 0 Å². The molecule has 0 spiro atoms. The van der Waals surface area contributed by atoms with Crippen LogP contribution in [0.4, 0.5) is 11.4 Å². The highest BCUT2D eigenvalue weighted by Crippen LogP contribution is 2.39. The molecule has 2 fully saturated rings. The Bertz CT molecular complexity index is 1130. The number of carbonyl (C=O) groups excluding carboxylic acids is 2. The zero-order valence-corrected chi connectivity index (χ0v) is 19.5. The highest BCUT2D eigenvalue weighted by atomic mass is 16.7. The number of likely N-dealkylation sites (N-methyl/N-ethyl adjacent to an activating group) is 1. The maximum absolute atomic E-state index is 13.3. The molecule has 2 aromatic rings. The van der Waals surface area contributed by atoms with Crippen LogP contribution >= 0.6 is 0 Å². The molecule has 4 aliphatic rings. The van der Waals surface area contributed by atoms with Gasteiger partial charge in [-0.1, -0.05) is 6.07 Å². The van der Waals surface area contributed by atoms with Gasteiger partial charge in [-0.25, -0.2) is 0 Å². The Morgan fingerprint density at radius 3 is 2.62 bits per heavy atom. The summed E-state index contributed by atoms with van der Waals surface area (Å²) in [5.41, 5.74) is 3.74. The Kier molecular flexibility index (Phi) is 5.32. The van der Waals surface area contributed by atoms with Crippen LogP contribution < -0.4 is 19.3 Å². The summed E-state index contributed by atoms with van der Waals surface area (Å²) in [6, 6.07) is 11.9. The number of amides is 2. The highest BCUT2D eigenvalue weighted by Gasteiger charge is 2.38. The van der Waals surface area contributed by atoms with E-state index in [0.29, 0.717) is 18.7 Å². The van der Waals surface area contributed by atoms with E-state index in [2.05, 4.69) is 15.9 Å². The van der Waals surface area contributed by atoms with E-state index in [1.54, 1.807) is 4.90 Å². The van der Waals surface area contributed by atoms with Crippen LogP contribution in [0.15, 0.2) is 36.4 Å². The predicted molar refractivity (Wildman–Crippen MR) is 129 cm³/mol. The van der Waals surface area contributed by atoms with Crippen molar-refractivity contribution in [2.24, 2.45) is 0 Å². The topological polar surface area (TPSA) is 65.6 Å². The fourth-order valence-corrected chi connectivity index (χ4v) is 5.58. The molecular weight excluding hydrogens is 432 g/mol. The molecule has 1 atom stereocenters. The monoisotopic (exact) mass is 462 g/mol. The van der Waals surface area contributed by atoms with E-state index >= 15 is 0 Å². The Balaban J connectivity index is 1.12. The van der Waals surface area contributed by atoms with Crippen LogP contribution in [-0.4, -0.2) is 74.2 Å². The minimum atomic E-state index is -0.0642. The van der Waals surface area contributed by atoms with Crippen molar-refractivity contribution in [1.82, 2.24) is 9.80 Å². The van der Waals surface area contributed by atoms with Crippen LogP contribution in [-0.2, 0) is 11.3 Å². The van der Waals surface area contributed by atoms with E-state index < -0.39 is 0 Å². The molecule has 0 bridgehead atoms. The van der Waals surface area contributed by atoms with Gasteiger partial charge in [0.15, 0.2) is 11.5 Å². The Hall–Kier alpha value is -3.26. The number of benzene rings is 2. The van der Waals surface area contributed by atoms with Gasteiger partial charge in [0.25, 0.3) is 5.91 Å². The van der Waals surface area contributed by atoms with Crippen molar-refractivity contribution >= 4 is 23.2 Å². The van der Waals surface area contributed by atoms with Gasteiger partial charge in [0.05, 0.1) is 11.4 Å². The van der Waals surface area contributed by atoms with Crippen LogP contribution in [0, 0.1) is 0 Å². The molecule has 0 N–H and O–H groups in total. The zero-order chi connectivity index (χ0) is 23.2. The van der Waals surface area contributed by atoms with Crippen molar-refractivity contribution in [3.05, 3.63) is 47.5 Å². The van der Waals surface area contributed by atoms with Gasteiger partial charge in [-0.3, -0.25) is 14.5 Å². The average molecular weight is 463 g/mol. The van der Waals surface area contributed by atoms with E-state index in [1.807, 2.05) is 42.3 Å². The van der Waals surface area contributed by atoms with Crippen LogP contribution in [0.1, 0.15) is 35.2 Å². The predicted octanol–water partition coefficient (Wildman–Crippen LogP) is 2.71. The number of rotatable bonds is 3. The van der Waals surface area contributed by atoms with Crippen molar-refractivity contribution in [2.75, 3.05) is 56.4 Å². The van der Waals surface area contributed by atoms with Crippen LogP contribution in [0.2, 0.25) is 0 Å². The summed E-state index contributed by atoms with van der Waals surface area (Å²) in [7, 11) is 1.83. The molecule has 8 nitrogen and oxygen atoms in total. The normalized spacial score (nSPS) is 22.0. The third-order valence-corrected chi connectivity index (χ3v) is 7.51. The first-order valence-electron chi connectivity index (χ1n) is 12.2. The molecule has 178 valence electrons. The number of nitrogens with zero attached hydrogens (tertiary/aromatic N) is 4. The number of ether oxygens (including phenoxy) is 2. The lowest BCUT2D eigenvalue weighted by atomic mass is 9.95. The van der Waals surface area contributed by atoms with Gasteiger partial charge in [0.1, 0.15) is 6.04 Å². The number of hydrogen-bond acceptors (Lipinski definition) is 6. The Labute approximate surface area is 199 Å². The van der Waals surface area contributed by atoms with Gasteiger partial charge in [0.2, 0.25) is 12.7 Å². The molecule has 2 amide bonds. The molecule has 34 heavy (non-hydrogen) atoms. The van der Waals surface area contributed by atoms with Crippen molar-refractivity contribution in [3.63, 3.8) is 0 Å². The average Bonchev–Trinajstić information content (AvgIpc) is 3.35. The minimum Gasteiger partial charge on any atom is -0.454 e. The van der Waals surface area contributed by atoms with E-state index in [-0.39, 0.29) is 24.6 Å². The summed E-state index contributed by atoms with van der Waals surface area (Å²) in [4.78, 5) is 34.5. The fourth-order valence-electron chi connectivity index (χ4n) is 5.58. The second-order valence-electron chi connectivity index (χ2n) is 9.56. The molecular formula is C26H30N4O4. The summed E-state index contributed by atoms with van der Waals surface area (Å²) in [6.45, 7) is 5.01. The number of piperazine rings is 1. The first kappa shape index (κ1) is 21.3. The largest absolute Gasteiger partial charge is 0.454 e. The second kappa shape index (κ2) is 8.51. The van der Waals surface area contributed by atoms with Crippen molar-refractivity contribution in [2.45, 2.75) is 31.8 Å². The van der Waals surface area contributed by atoms with E-state index in [1.165, 1.54) is 5.56 Å². The first-order valence-corrected chi connectivity index (χ1v) is 12.2. The Morgan fingerprint density at radius 2 is 1.76 bits per heavy atom. The number of piperidine rings is 1. The summed E-state index contributed by atoms with van der Waals surface area (Å²) in [5, 5.41) is 0. The maximum Gasteiger partial charge on any atom is 0.254 e.